The molecule has 1 saturated carbocycles. The zero-order valence-electron chi connectivity index (χ0n) is 17.1. The number of sulfone groups is 1. The number of rotatable bonds is 5. The molecular weight excluding hydrogens is 465 g/mol. The standard InChI is InChI=1S/C22H23F3N2O3S.ClH/c23-22(24,25)16-3-1-2-15(12-16)21(28)27-17-6-4-14(5-7-17)19-13-20(19)26-18-8-10-31(29,30)11-9-18;/h1-7,12,18-20,26H,8-11,13H2,(H,27,28);1H/t19-,20+;/m0./s1. The Bertz CT molecular complexity index is 1060. The second-order valence-corrected chi connectivity index (χ2v) is 10.5. The molecule has 1 amide bonds. The zero-order valence-corrected chi connectivity index (χ0v) is 18.7. The predicted molar refractivity (Wildman–Crippen MR) is 119 cm³/mol. The van der Waals surface area contributed by atoms with Crippen molar-refractivity contribution in [2.45, 2.75) is 43.4 Å². The monoisotopic (exact) mass is 488 g/mol. The van der Waals surface area contributed by atoms with Crippen molar-refractivity contribution in [1.82, 2.24) is 5.32 Å². The summed E-state index contributed by atoms with van der Waals surface area (Å²) in [5.41, 5.74) is 0.699. The van der Waals surface area contributed by atoms with Gasteiger partial charge in [0, 0.05) is 29.3 Å². The first kappa shape index (κ1) is 24.5. The van der Waals surface area contributed by atoms with Crippen molar-refractivity contribution in [3.8, 4) is 0 Å². The molecule has 2 aromatic rings. The predicted octanol–water partition coefficient (Wildman–Crippen LogP) is 4.40. The first-order chi connectivity index (χ1) is 14.6. The molecule has 2 N–H and O–H groups in total. The third-order valence-electron chi connectivity index (χ3n) is 5.84. The number of hydrogen-bond donors (Lipinski definition) is 2. The van der Waals surface area contributed by atoms with Gasteiger partial charge in [-0.3, -0.25) is 4.79 Å². The van der Waals surface area contributed by atoms with Crippen molar-refractivity contribution in [3.63, 3.8) is 0 Å². The summed E-state index contributed by atoms with van der Waals surface area (Å²) < 4.78 is 61.6. The van der Waals surface area contributed by atoms with Gasteiger partial charge < -0.3 is 10.6 Å². The lowest BCUT2D eigenvalue weighted by molar-refractivity contribution is -0.137. The van der Waals surface area contributed by atoms with Crippen molar-refractivity contribution in [2.24, 2.45) is 0 Å². The van der Waals surface area contributed by atoms with Crippen molar-refractivity contribution < 1.29 is 26.4 Å². The second-order valence-electron chi connectivity index (χ2n) is 8.20. The van der Waals surface area contributed by atoms with Crippen molar-refractivity contribution in [2.75, 3.05) is 16.8 Å². The molecule has 5 nitrogen and oxygen atoms in total. The number of carbonyl (C=O) groups is 1. The minimum absolute atomic E-state index is 0. The van der Waals surface area contributed by atoms with Crippen molar-refractivity contribution in [3.05, 3.63) is 65.2 Å². The molecule has 0 unspecified atom stereocenters. The summed E-state index contributed by atoms with van der Waals surface area (Å²) in [5, 5.41) is 6.17. The van der Waals surface area contributed by atoms with Gasteiger partial charge in [0.2, 0.25) is 0 Å². The van der Waals surface area contributed by atoms with E-state index >= 15 is 0 Å². The third kappa shape index (κ3) is 6.02. The van der Waals surface area contributed by atoms with Crippen LogP contribution >= 0.6 is 12.4 Å². The average molecular weight is 489 g/mol. The van der Waals surface area contributed by atoms with Gasteiger partial charge in [-0.1, -0.05) is 18.2 Å². The summed E-state index contributed by atoms with van der Waals surface area (Å²) in [6, 6.07) is 12.1. The van der Waals surface area contributed by atoms with Gasteiger partial charge in [-0.25, -0.2) is 8.42 Å². The molecule has 0 radical (unpaired) electrons. The number of halogens is 4. The van der Waals surface area contributed by atoms with E-state index in [9.17, 15) is 26.4 Å². The molecule has 0 bridgehead atoms. The minimum Gasteiger partial charge on any atom is -0.322 e. The maximum Gasteiger partial charge on any atom is 0.416 e. The highest BCUT2D eigenvalue weighted by atomic mass is 35.5. The summed E-state index contributed by atoms with van der Waals surface area (Å²) in [6.45, 7) is 0. The highest BCUT2D eigenvalue weighted by molar-refractivity contribution is 7.91. The fourth-order valence-electron chi connectivity index (χ4n) is 3.96. The highest BCUT2D eigenvalue weighted by Gasteiger charge is 2.40. The molecule has 1 saturated heterocycles. The average Bonchev–Trinajstić information content (AvgIpc) is 3.49. The van der Waals surface area contributed by atoms with Crippen LogP contribution in [0.4, 0.5) is 18.9 Å². The maximum absolute atomic E-state index is 12.8. The molecule has 1 heterocycles. The van der Waals surface area contributed by atoms with Crippen LogP contribution in [0.25, 0.3) is 0 Å². The van der Waals surface area contributed by atoms with Gasteiger partial charge in [-0.15, -0.1) is 12.4 Å². The van der Waals surface area contributed by atoms with Crippen LogP contribution in [0.1, 0.15) is 46.7 Å². The summed E-state index contributed by atoms with van der Waals surface area (Å²) >= 11 is 0. The number of nitrogens with one attached hydrogen (secondary N) is 2. The molecule has 32 heavy (non-hydrogen) atoms. The van der Waals surface area contributed by atoms with Crippen LogP contribution in [0.3, 0.4) is 0 Å². The Hall–Kier alpha value is -2.10. The largest absolute Gasteiger partial charge is 0.416 e. The van der Waals surface area contributed by atoms with Gasteiger partial charge in [0.05, 0.1) is 17.1 Å². The van der Waals surface area contributed by atoms with Crippen LogP contribution in [0.2, 0.25) is 0 Å². The molecule has 2 aliphatic rings. The molecule has 1 aliphatic carbocycles. The van der Waals surface area contributed by atoms with E-state index in [0.717, 1.165) is 24.1 Å². The molecule has 174 valence electrons. The molecule has 2 atom stereocenters. The van der Waals surface area contributed by atoms with E-state index in [-0.39, 0.29) is 35.5 Å². The summed E-state index contributed by atoms with van der Waals surface area (Å²) in [7, 11) is -2.87. The molecule has 2 fully saturated rings. The fraction of sp³-hybridized carbons (Fsp3) is 0.409. The lowest BCUT2D eigenvalue weighted by Crippen LogP contribution is -2.39. The topological polar surface area (TPSA) is 75.3 Å². The number of amides is 1. The number of anilines is 1. The van der Waals surface area contributed by atoms with Crippen molar-refractivity contribution in [1.29, 1.82) is 0 Å². The Morgan fingerprint density at radius 1 is 1.00 bits per heavy atom. The molecule has 4 rings (SSSR count). The molecule has 10 heteroatoms. The smallest absolute Gasteiger partial charge is 0.322 e. The highest BCUT2D eigenvalue weighted by Crippen LogP contribution is 2.42. The number of carbonyl (C=O) groups excluding carboxylic acids is 1. The summed E-state index contributed by atoms with van der Waals surface area (Å²) in [4.78, 5) is 12.3. The van der Waals surface area contributed by atoms with Crippen LogP contribution in [0.15, 0.2) is 48.5 Å². The summed E-state index contributed by atoms with van der Waals surface area (Å²) in [5.74, 6) is 0.216. The van der Waals surface area contributed by atoms with Crippen LogP contribution < -0.4 is 10.6 Å². The quantitative estimate of drug-likeness (QED) is 0.654. The van der Waals surface area contributed by atoms with Crippen LogP contribution in [-0.2, 0) is 16.0 Å². The molecular formula is C22H24ClF3N2O3S. The third-order valence-corrected chi connectivity index (χ3v) is 7.56. The van der Waals surface area contributed by atoms with Gasteiger partial charge in [-0.2, -0.15) is 13.2 Å². The Labute approximate surface area is 191 Å². The van der Waals surface area contributed by atoms with E-state index in [4.69, 9.17) is 0 Å². The molecule has 0 spiro atoms. The van der Waals surface area contributed by atoms with E-state index in [0.29, 0.717) is 30.5 Å². The van der Waals surface area contributed by atoms with Crippen molar-refractivity contribution >= 4 is 33.8 Å². The molecule has 0 aromatic heterocycles. The zero-order chi connectivity index (χ0) is 22.2. The number of alkyl halides is 3. The molecule has 1 aliphatic heterocycles. The van der Waals surface area contributed by atoms with Gasteiger partial charge in [0.1, 0.15) is 9.84 Å². The van der Waals surface area contributed by atoms with Gasteiger partial charge in [-0.05, 0) is 55.2 Å². The van der Waals surface area contributed by atoms with Gasteiger partial charge in [0.15, 0.2) is 0 Å². The normalized spacial score (nSPS) is 22.6. The van der Waals surface area contributed by atoms with E-state index in [1.165, 1.54) is 12.1 Å². The Morgan fingerprint density at radius 3 is 2.28 bits per heavy atom. The van der Waals surface area contributed by atoms with Gasteiger partial charge >= 0.3 is 6.18 Å². The fourth-order valence-corrected chi connectivity index (χ4v) is 5.45. The Balaban J connectivity index is 0.00000289. The van der Waals surface area contributed by atoms with Gasteiger partial charge in [0.25, 0.3) is 5.91 Å². The lowest BCUT2D eigenvalue weighted by atomic mass is 10.1. The number of hydrogen-bond acceptors (Lipinski definition) is 4. The van der Waals surface area contributed by atoms with Crippen LogP contribution in [0, 0.1) is 0 Å². The maximum atomic E-state index is 12.8. The Morgan fingerprint density at radius 2 is 1.66 bits per heavy atom. The van der Waals surface area contributed by atoms with Crippen LogP contribution in [0.5, 0.6) is 0 Å². The van der Waals surface area contributed by atoms with E-state index in [2.05, 4.69) is 10.6 Å². The first-order valence-electron chi connectivity index (χ1n) is 10.2. The second kappa shape index (κ2) is 9.41. The summed E-state index contributed by atoms with van der Waals surface area (Å²) in [6.07, 6.45) is -2.24. The number of benzene rings is 2. The van der Waals surface area contributed by atoms with E-state index in [1.54, 1.807) is 12.1 Å². The molecule has 2 aromatic carbocycles. The Kier molecular flexibility index (Phi) is 7.21. The minimum atomic E-state index is -4.50. The lowest BCUT2D eigenvalue weighted by Gasteiger charge is -2.23. The van der Waals surface area contributed by atoms with Crippen LogP contribution in [-0.4, -0.2) is 37.9 Å². The SMILES string of the molecule is Cl.O=C(Nc1ccc([C@@H]2C[C@H]2NC2CCS(=O)(=O)CC2)cc1)c1cccc(C(F)(F)F)c1. The first-order valence-corrected chi connectivity index (χ1v) is 12.0. The van der Waals surface area contributed by atoms with E-state index < -0.39 is 27.5 Å². The van der Waals surface area contributed by atoms with E-state index in [1.807, 2.05) is 12.1 Å².